The molecule has 0 radical (unpaired) electrons. The topological polar surface area (TPSA) is 126 Å². The molecule has 10 atom stereocenters. The molecule has 0 aromatic carbocycles. The van der Waals surface area contributed by atoms with Crippen molar-refractivity contribution in [3.8, 4) is 0 Å². The van der Waals surface area contributed by atoms with Gasteiger partial charge in [0.05, 0.1) is 25.2 Å². The number of carbonyl (C=O) groups is 1. The summed E-state index contributed by atoms with van der Waals surface area (Å²) in [5.41, 5.74) is 0. The molecule has 24 heavy (non-hydrogen) atoms. The summed E-state index contributed by atoms with van der Waals surface area (Å²) in [6, 6.07) is 0. The molecule has 8 heteroatoms. The number of aliphatic hydroxyl groups is 4. The van der Waals surface area contributed by atoms with Gasteiger partial charge in [-0.2, -0.15) is 0 Å². The molecular formula is C16H26O8. The highest BCUT2D eigenvalue weighted by atomic mass is 16.7. The molecule has 0 aromatic rings. The highest BCUT2D eigenvalue weighted by Crippen LogP contribution is 2.46. The minimum Gasteiger partial charge on any atom is -0.465 e. The number of ether oxygens (including phenoxy) is 3. The Morgan fingerprint density at radius 3 is 2.50 bits per heavy atom. The van der Waals surface area contributed by atoms with E-state index in [4.69, 9.17) is 14.2 Å². The first-order valence-electron chi connectivity index (χ1n) is 8.47. The summed E-state index contributed by atoms with van der Waals surface area (Å²) in [7, 11) is 0. The number of hydrogen-bond donors (Lipinski definition) is 4. The lowest BCUT2D eigenvalue weighted by atomic mass is 9.81. The van der Waals surface area contributed by atoms with Crippen LogP contribution in [0.1, 0.15) is 20.3 Å². The van der Waals surface area contributed by atoms with Crippen molar-refractivity contribution in [2.45, 2.75) is 57.1 Å². The lowest BCUT2D eigenvalue weighted by Crippen LogP contribution is -2.59. The third-order valence-corrected chi connectivity index (χ3v) is 5.77. The lowest BCUT2D eigenvalue weighted by Gasteiger charge is -2.41. The van der Waals surface area contributed by atoms with Gasteiger partial charge in [0, 0.05) is 0 Å². The van der Waals surface area contributed by atoms with Crippen molar-refractivity contribution in [3.63, 3.8) is 0 Å². The number of aliphatic hydroxyl groups excluding tert-OH is 4. The number of cyclic esters (lactones) is 1. The Morgan fingerprint density at radius 1 is 1.17 bits per heavy atom. The van der Waals surface area contributed by atoms with E-state index in [0.29, 0.717) is 13.0 Å². The Morgan fingerprint density at radius 2 is 1.88 bits per heavy atom. The van der Waals surface area contributed by atoms with Gasteiger partial charge in [0.25, 0.3) is 0 Å². The smallest absolute Gasteiger partial charge is 0.309 e. The van der Waals surface area contributed by atoms with Gasteiger partial charge < -0.3 is 34.6 Å². The molecule has 0 bridgehead atoms. The van der Waals surface area contributed by atoms with Crippen molar-refractivity contribution in [2.24, 2.45) is 23.7 Å². The lowest BCUT2D eigenvalue weighted by molar-refractivity contribution is -0.313. The molecular weight excluding hydrogens is 320 g/mol. The van der Waals surface area contributed by atoms with Gasteiger partial charge in [-0.05, 0) is 24.2 Å². The molecule has 3 fully saturated rings. The Labute approximate surface area is 140 Å². The van der Waals surface area contributed by atoms with E-state index in [0.717, 1.165) is 0 Å². The van der Waals surface area contributed by atoms with Crippen molar-refractivity contribution in [1.29, 1.82) is 0 Å². The summed E-state index contributed by atoms with van der Waals surface area (Å²) in [4.78, 5) is 12.1. The third kappa shape index (κ3) is 2.95. The molecule has 138 valence electrons. The number of fused-ring (bicyclic) bond motifs is 1. The van der Waals surface area contributed by atoms with E-state index in [1.165, 1.54) is 0 Å². The Kier molecular flexibility index (Phi) is 5.15. The van der Waals surface area contributed by atoms with Crippen LogP contribution in [0.3, 0.4) is 0 Å². The van der Waals surface area contributed by atoms with Crippen molar-refractivity contribution >= 4 is 5.97 Å². The van der Waals surface area contributed by atoms with Gasteiger partial charge in [-0.1, -0.05) is 13.8 Å². The standard InChI is InChI=1S/C16H26O8/c1-6-5-22-15(21)11-7(2)9(3-8(6)11)23-16-14(20)13(19)12(18)10(4-17)24-16/h6-14,16-20H,3-5H2,1-2H3. The van der Waals surface area contributed by atoms with Gasteiger partial charge in [-0.15, -0.1) is 0 Å². The summed E-state index contributed by atoms with van der Waals surface area (Å²) in [6.07, 6.45) is -6.18. The Balaban J connectivity index is 1.70. The van der Waals surface area contributed by atoms with E-state index in [2.05, 4.69) is 0 Å². The number of rotatable bonds is 3. The van der Waals surface area contributed by atoms with Crippen LogP contribution in [-0.2, 0) is 19.0 Å². The van der Waals surface area contributed by atoms with Crippen LogP contribution in [0.25, 0.3) is 0 Å². The van der Waals surface area contributed by atoms with Crippen LogP contribution >= 0.6 is 0 Å². The first kappa shape index (κ1) is 18.0. The SMILES string of the molecule is CC1COC(=O)C2C(C)C(OC3OC(CO)C(O)C(O)C3O)CC12. The van der Waals surface area contributed by atoms with E-state index in [-0.39, 0.29) is 35.7 Å². The van der Waals surface area contributed by atoms with Crippen LogP contribution in [0, 0.1) is 23.7 Å². The normalized spacial score (nSPS) is 52.0. The van der Waals surface area contributed by atoms with Gasteiger partial charge in [-0.25, -0.2) is 0 Å². The molecule has 3 aliphatic rings. The van der Waals surface area contributed by atoms with Crippen molar-refractivity contribution in [3.05, 3.63) is 0 Å². The molecule has 1 saturated carbocycles. The Bertz CT molecular complexity index is 469. The maximum atomic E-state index is 12.1. The molecule has 2 heterocycles. The molecule has 2 saturated heterocycles. The zero-order chi connectivity index (χ0) is 17.6. The number of hydrogen-bond acceptors (Lipinski definition) is 8. The zero-order valence-corrected chi connectivity index (χ0v) is 13.8. The van der Waals surface area contributed by atoms with E-state index in [9.17, 15) is 25.2 Å². The number of carbonyl (C=O) groups excluding carboxylic acids is 1. The van der Waals surface area contributed by atoms with Crippen LogP contribution in [0.15, 0.2) is 0 Å². The highest BCUT2D eigenvalue weighted by Gasteiger charge is 2.53. The average Bonchev–Trinajstić information content (AvgIpc) is 2.89. The van der Waals surface area contributed by atoms with Crippen LogP contribution < -0.4 is 0 Å². The van der Waals surface area contributed by atoms with Gasteiger partial charge >= 0.3 is 5.97 Å². The first-order valence-corrected chi connectivity index (χ1v) is 8.47. The summed E-state index contributed by atoms with van der Waals surface area (Å²) in [6.45, 7) is 3.84. The van der Waals surface area contributed by atoms with E-state index in [1.807, 2.05) is 13.8 Å². The molecule has 8 nitrogen and oxygen atoms in total. The van der Waals surface area contributed by atoms with E-state index >= 15 is 0 Å². The molecule has 3 rings (SSSR count). The van der Waals surface area contributed by atoms with Crippen molar-refractivity contribution in [1.82, 2.24) is 0 Å². The fourth-order valence-electron chi connectivity index (χ4n) is 4.19. The monoisotopic (exact) mass is 346 g/mol. The zero-order valence-electron chi connectivity index (χ0n) is 13.8. The maximum Gasteiger partial charge on any atom is 0.309 e. The molecule has 2 aliphatic heterocycles. The van der Waals surface area contributed by atoms with Gasteiger partial charge in [-0.3, -0.25) is 4.79 Å². The maximum absolute atomic E-state index is 12.1. The predicted octanol–water partition coefficient (Wildman–Crippen LogP) is -1.36. The van der Waals surface area contributed by atoms with Gasteiger partial charge in [0.2, 0.25) is 0 Å². The van der Waals surface area contributed by atoms with Gasteiger partial charge in [0.1, 0.15) is 24.4 Å². The summed E-state index contributed by atoms with van der Waals surface area (Å²) in [5.74, 6) is -0.193. The average molecular weight is 346 g/mol. The fourth-order valence-corrected chi connectivity index (χ4v) is 4.19. The first-order chi connectivity index (χ1) is 11.3. The van der Waals surface area contributed by atoms with Gasteiger partial charge in [0.15, 0.2) is 6.29 Å². The molecule has 1 aliphatic carbocycles. The molecule has 4 N–H and O–H groups in total. The van der Waals surface area contributed by atoms with Crippen molar-refractivity contribution < 1.29 is 39.4 Å². The molecule has 0 amide bonds. The minimum absolute atomic E-state index is 0.113. The van der Waals surface area contributed by atoms with Crippen LogP contribution in [0.5, 0.6) is 0 Å². The molecule has 0 aromatic heterocycles. The largest absolute Gasteiger partial charge is 0.465 e. The van der Waals surface area contributed by atoms with Crippen LogP contribution in [0.4, 0.5) is 0 Å². The van der Waals surface area contributed by atoms with Crippen LogP contribution in [0.2, 0.25) is 0 Å². The quantitative estimate of drug-likeness (QED) is 0.462. The second-order valence-electron chi connectivity index (χ2n) is 7.26. The summed E-state index contributed by atoms with van der Waals surface area (Å²) < 4.78 is 16.5. The van der Waals surface area contributed by atoms with Crippen LogP contribution in [-0.4, -0.2) is 76.4 Å². The second-order valence-corrected chi connectivity index (χ2v) is 7.26. The molecule has 0 spiro atoms. The summed E-state index contributed by atoms with van der Waals surface area (Å²) in [5, 5.41) is 39.0. The van der Waals surface area contributed by atoms with E-state index < -0.39 is 37.3 Å². The summed E-state index contributed by atoms with van der Waals surface area (Å²) >= 11 is 0. The third-order valence-electron chi connectivity index (χ3n) is 5.77. The number of esters is 1. The molecule has 10 unspecified atom stereocenters. The fraction of sp³-hybridized carbons (Fsp3) is 0.938. The van der Waals surface area contributed by atoms with Crippen molar-refractivity contribution in [2.75, 3.05) is 13.2 Å². The highest BCUT2D eigenvalue weighted by molar-refractivity contribution is 5.74. The van der Waals surface area contributed by atoms with E-state index in [1.54, 1.807) is 0 Å². The second kappa shape index (κ2) is 6.86. The predicted molar refractivity (Wildman–Crippen MR) is 79.5 cm³/mol. The Hall–Kier alpha value is -0.770. The minimum atomic E-state index is -1.47.